The molecule has 3 nitrogen and oxygen atoms in total. The van der Waals surface area contributed by atoms with E-state index in [1.807, 2.05) is 0 Å². The highest BCUT2D eigenvalue weighted by Gasteiger charge is 2.21. The van der Waals surface area contributed by atoms with Gasteiger partial charge in [-0.15, -0.1) is 0 Å². The highest BCUT2D eigenvalue weighted by molar-refractivity contribution is 5.79. The van der Waals surface area contributed by atoms with E-state index in [4.69, 9.17) is 11.1 Å². The van der Waals surface area contributed by atoms with E-state index in [0.29, 0.717) is 11.8 Å². The minimum absolute atomic E-state index is 0.253. The second kappa shape index (κ2) is 6.20. The lowest BCUT2D eigenvalue weighted by atomic mass is 9.96. The van der Waals surface area contributed by atoms with Crippen LogP contribution >= 0.6 is 0 Å². The van der Waals surface area contributed by atoms with Crippen LogP contribution < -0.4 is 5.73 Å². The molecule has 1 unspecified atom stereocenters. The monoisotopic (exact) mass is 259 g/mol. The number of nitrogens with zero attached hydrogens (tertiary/aromatic N) is 1. The Morgan fingerprint density at radius 2 is 2.05 bits per heavy atom. The van der Waals surface area contributed by atoms with Crippen LogP contribution in [0.2, 0.25) is 0 Å². The zero-order valence-electron chi connectivity index (χ0n) is 12.0. The van der Waals surface area contributed by atoms with Crippen LogP contribution in [0.4, 0.5) is 0 Å². The Morgan fingerprint density at radius 3 is 2.63 bits per heavy atom. The standard InChI is InChI=1S/C16H25N3/c1-12(2)14-7-5-13(6-8-14)10-19-9-3-4-15(11-19)16(17)18/h5-8,12,15H,3-4,9-11H2,1-2H3,(H3,17,18). The van der Waals surface area contributed by atoms with Gasteiger partial charge in [-0.2, -0.15) is 0 Å². The molecule has 2 rings (SSSR count). The summed E-state index contributed by atoms with van der Waals surface area (Å²) in [6.45, 7) is 7.47. The van der Waals surface area contributed by atoms with Gasteiger partial charge >= 0.3 is 0 Å². The molecule has 0 aliphatic carbocycles. The van der Waals surface area contributed by atoms with E-state index in [0.717, 1.165) is 32.5 Å². The number of rotatable bonds is 4. The first-order valence-electron chi connectivity index (χ1n) is 7.21. The Balaban J connectivity index is 1.95. The predicted molar refractivity (Wildman–Crippen MR) is 80.4 cm³/mol. The highest BCUT2D eigenvalue weighted by Crippen LogP contribution is 2.20. The third kappa shape index (κ3) is 3.80. The van der Waals surface area contributed by atoms with Gasteiger partial charge in [-0.1, -0.05) is 38.1 Å². The van der Waals surface area contributed by atoms with Crippen molar-refractivity contribution in [1.29, 1.82) is 5.41 Å². The zero-order chi connectivity index (χ0) is 13.8. The van der Waals surface area contributed by atoms with Crippen molar-refractivity contribution in [1.82, 2.24) is 4.90 Å². The number of nitrogens with two attached hydrogens (primary N) is 1. The Kier molecular flexibility index (Phi) is 4.59. The molecule has 1 heterocycles. The summed E-state index contributed by atoms with van der Waals surface area (Å²) in [7, 11) is 0. The van der Waals surface area contributed by atoms with Gasteiger partial charge in [-0.3, -0.25) is 10.3 Å². The SMILES string of the molecule is CC(C)c1ccc(CN2CCCC(C(=N)N)C2)cc1. The Hall–Kier alpha value is -1.35. The summed E-state index contributed by atoms with van der Waals surface area (Å²) in [5.74, 6) is 1.19. The topological polar surface area (TPSA) is 53.1 Å². The molecule has 1 aromatic rings. The summed E-state index contributed by atoms with van der Waals surface area (Å²) in [5.41, 5.74) is 8.38. The second-order valence-electron chi connectivity index (χ2n) is 5.93. The average Bonchev–Trinajstić information content (AvgIpc) is 2.39. The summed E-state index contributed by atoms with van der Waals surface area (Å²) < 4.78 is 0. The molecule has 1 aromatic carbocycles. The van der Waals surface area contributed by atoms with Crippen LogP contribution in [0.3, 0.4) is 0 Å². The molecule has 1 atom stereocenters. The van der Waals surface area contributed by atoms with Crippen molar-refractivity contribution < 1.29 is 0 Å². The van der Waals surface area contributed by atoms with Gasteiger partial charge in [0.05, 0.1) is 5.84 Å². The highest BCUT2D eigenvalue weighted by atomic mass is 15.1. The van der Waals surface area contributed by atoms with Gasteiger partial charge in [0.15, 0.2) is 0 Å². The Morgan fingerprint density at radius 1 is 1.37 bits per heavy atom. The number of hydrogen-bond donors (Lipinski definition) is 2. The number of piperidine rings is 1. The summed E-state index contributed by atoms with van der Waals surface area (Å²) in [5, 5.41) is 7.58. The van der Waals surface area contributed by atoms with Crippen LogP contribution in [0, 0.1) is 11.3 Å². The van der Waals surface area contributed by atoms with Crippen LogP contribution in [-0.4, -0.2) is 23.8 Å². The molecule has 0 aromatic heterocycles. The van der Waals surface area contributed by atoms with Gasteiger partial charge in [-0.05, 0) is 36.4 Å². The van der Waals surface area contributed by atoms with Crippen molar-refractivity contribution in [3.8, 4) is 0 Å². The molecule has 3 N–H and O–H groups in total. The maximum absolute atomic E-state index is 7.58. The van der Waals surface area contributed by atoms with Gasteiger partial charge in [-0.25, -0.2) is 0 Å². The van der Waals surface area contributed by atoms with Gasteiger partial charge in [0.2, 0.25) is 0 Å². The molecule has 104 valence electrons. The van der Waals surface area contributed by atoms with Gasteiger partial charge in [0.25, 0.3) is 0 Å². The number of amidine groups is 1. The number of hydrogen-bond acceptors (Lipinski definition) is 2. The van der Waals surface area contributed by atoms with E-state index in [-0.39, 0.29) is 5.92 Å². The van der Waals surface area contributed by atoms with Crippen molar-refractivity contribution >= 4 is 5.84 Å². The predicted octanol–water partition coefficient (Wildman–Crippen LogP) is 2.96. The van der Waals surface area contributed by atoms with Crippen LogP contribution in [-0.2, 0) is 6.54 Å². The van der Waals surface area contributed by atoms with Crippen molar-refractivity contribution in [2.45, 2.75) is 39.2 Å². The Bertz CT molecular complexity index is 422. The third-order valence-corrected chi connectivity index (χ3v) is 4.00. The number of nitrogens with one attached hydrogen (secondary N) is 1. The molecule has 1 aliphatic heterocycles. The van der Waals surface area contributed by atoms with E-state index in [1.54, 1.807) is 0 Å². The van der Waals surface area contributed by atoms with Crippen molar-refractivity contribution in [3.63, 3.8) is 0 Å². The maximum atomic E-state index is 7.58. The van der Waals surface area contributed by atoms with Crippen molar-refractivity contribution in [2.24, 2.45) is 11.7 Å². The van der Waals surface area contributed by atoms with Gasteiger partial charge < -0.3 is 5.73 Å². The van der Waals surface area contributed by atoms with Crippen LogP contribution in [0.5, 0.6) is 0 Å². The van der Waals surface area contributed by atoms with Gasteiger partial charge in [0, 0.05) is 19.0 Å². The van der Waals surface area contributed by atoms with E-state index < -0.39 is 0 Å². The van der Waals surface area contributed by atoms with E-state index in [2.05, 4.69) is 43.0 Å². The Labute approximate surface area is 116 Å². The summed E-state index contributed by atoms with van der Waals surface area (Å²) in [6, 6.07) is 8.91. The first-order chi connectivity index (χ1) is 9.06. The lowest BCUT2D eigenvalue weighted by Crippen LogP contribution is -2.40. The quantitative estimate of drug-likeness (QED) is 0.645. The first-order valence-corrected chi connectivity index (χ1v) is 7.21. The first kappa shape index (κ1) is 14.1. The number of benzene rings is 1. The molecule has 0 saturated carbocycles. The molecule has 0 spiro atoms. The van der Waals surface area contributed by atoms with Crippen LogP contribution in [0.1, 0.15) is 43.7 Å². The summed E-state index contributed by atoms with van der Waals surface area (Å²) >= 11 is 0. The normalized spacial score (nSPS) is 20.7. The fourth-order valence-corrected chi connectivity index (χ4v) is 2.72. The average molecular weight is 259 g/mol. The molecule has 0 radical (unpaired) electrons. The fourth-order valence-electron chi connectivity index (χ4n) is 2.72. The minimum Gasteiger partial charge on any atom is -0.387 e. The maximum Gasteiger partial charge on any atom is 0.0949 e. The molecule has 0 amide bonds. The zero-order valence-corrected chi connectivity index (χ0v) is 12.0. The fraction of sp³-hybridized carbons (Fsp3) is 0.562. The second-order valence-corrected chi connectivity index (χ2v) is 5.93. The van der Waals surface area contributed by atoms with E-state index in [9.17, 15) is 0 Å². The molecule has 1 aliphatic rings. The van der Waals surface area contributed by atoms with Gasteiger partial charge in [0.1, 0.15) is 0 Å². The third-order valence-electron chi connectivity index (χ3n) is 4.00. The summed E-state index contributed by atoms with van der Waals surface area (Å²) in [4.78, 5) is 2.42. The molecular formula is C16H25N3. The van der Waals surface area contributed by atoms with E-state index >= 15 is 0 Å². The number of likely N-dealkylation sites (tertiary alicyclic amines) is 1. The lowest BCUT2D eigenvalue weighted by Gasteiger charge is -2.32. The lowest BCUT2D eigenvalue weighted by molar-refractivity contribution is 0.196. The minimum atomic E-state index is 0.253. The van der Waals surface area contributed by atoms with Crippen LogP contribution in [0.15, 0.2) is 24.3 Å². The molecule has 1 fully saturated rings. The summed E-state index contributed by atoms with van der Waals surface area (Å²) in [6.07, 6.45) is 2.21. The van der Waals surface area contributed by atoms with Crippen molar-refractivity contribution in [2.75, 3.05) is 13.1 Å². The van der Waals surface area contributed by atoms with Crippen molar-refractivity contribution in [3.05, 3.63) is 35.4 Å². The molecular weight excluding hydrogens is 234 g/mol. The van der Waals surface area contributed by atoms with Crippen LogP contribution in [0.25, 0.3) is 0 Å². The molecule has 19 heavy (non-hydrogen) atoms. The smallest absolute Gasteiger partial charge is 0.0949 e. The largest absolute Gasteiger partial charge is 0.387 e. The molecule has 3 heteroatoms. The molecule has 1 saturated heterocycles. The van der Waals surface area contributed by atoms with E-state index in [1.165, 1.54) is 11.1 Å². The molecule has 0 bridgehead atoms.